The molecule has 1 aromatic rings. The Labute approximate surface area is 134 Å². The molecule has 0 saturated carbocycles. The summed E-state index contributed by atoms with van der Waals surface area (Å²) in [6, 6.07) is 4.80. The summed E-state index contributed by atoms with van der Waals surface area (Å²) in [7, 11) is 0. The number of hydrogen-bond acceptors (Lipinski definition) is 5. The highest BCUT2D eigenvalue weighted by Crippen LogP contribution is 2.37. The number of aliphatic hydroxyl groups is 1. The van der Waals surface area contributed by atoms with Crippen LogP contribution in [0, 0.1) is 21.4 Å². The van der Waals surface area contributed by atoms with E-state index in [-0.39, 0.29) is 28.9 Å². The van der Waals surface area contributed by atoms with Gasteiger partial charge in [0, 0.05) is 25.3 Å². The Morgan fingerprint density at radius 1 is 1.50 bits per heavy atom. The molecule has 1 aliphatic rings. The van der Waals surface area contributed by atoms with E-state index in [0.29, 0.717) is 12.1 Å². The van der Waals surface area contributed by atoms with E-state index >= 15 is 0 Å². The van der Waals surface area contributed by atoms with E-state index < -0.39 is 4.92 Å². The third kappa shape index (κ3) is 3.49. The first-order chi connectivity index (χ1) is 10.6. The van der Waals surface area contributed by atoms with Crippen LogP contribution in [0.4, 0.5) is 11.4 Å². The summed E-state index contributed by atoms with van der Waals surface area (Å²) in [6.45, 7) is 0.833. The van der Waals surface area contributed by atoms with Crippen LogP contribution < -0.4 is 4.90 Å². The normalized spacial score (nSPS) is 18.0. The van der Waals surface area contributed by atoms with Crippen LogP contribution in [0.1, 0.15) is 37.7 Å². The summed E-state index contributed by atoms with van der Waals surface area (Å²) in [5.74, 6) is 0. The number of halogens is 1. The smallest absolute Gasteiger partial charge is 0.293 e. The molecular weight excluding hydrogens is 306 g/mol. The fourth-order valence-corrected chi connectivity index (χ4v) is 3.16. The largest absolute Gasteiger partial charge is 0.396 e. The Kier molecular flexibility index (Phi) is 5.58. The van der Waals surface area contributed by atoms with Crippen LogP contribution in [-0.4, -0.2) is 29.2 Å². The van der Waals surface area contributed by atoms with Gasteiger partial charge in [0.15, 0.2) is 0 Å². The van der Waals surface area contributed by atoms with Crippen LogP contribution in [0.15, 0.2) is 12.1 Å². The van der Waals surface area contributed by atoms with Gasteiger partial charge in [0.1, 0.15) is 11.8 Å². The number of piperidine rings is 1. The molecule has 0 amide bonds. The molecule has 1 N–H and O–H groups in total. The number of benzene rings is 1. The molecule has 0 unspecified atom stereocenters. The minimum atomic E-state index is -0.468. The zero-order chi connectivity index (χ0) is 16.1. The molecule has 0 aromatic heterocycles. The van der Waals surface area contributed by atoms with E-state index in [1.807, 2.05) is 11.0 Å². The van der Waals surface area contributed by atoms with Crippen LogP contribution in [0.5, 0.6) is 0 Å². The molecule has 2 rings (SSSR count). The molecule has 0 bridgehead atoms. The van der Waals surface area contributed by atoms with Crippen LogP contribution in [0.2, 0.25) is 5.02 Å². The van der Waals surface area contributed by atoms with Crippen molar-refractivity contribution >= 4 is 23.0 Å². The van der Waals surface area contributed by atoms with E-state index in [9.17, 15) is 10.1 Å². The van der Waals surface area contributed by atoms with Crippen LogP contribution in [-0.2, 0) is 0 Å². The third-order valence-electron chi connectivity index (χ3n) is 4.01. The van der Waals surface area contributed by atoms with Crippen molar-refractivity contribution in [1.82, 2.24) is 0 Å². The summed E-state index contributed by atoms with van der Waals surface area (Å²) in [6.07, 6.45) is 4.42. The van der Waals surface area contributed by atoms with Gasteiger partial charge in [0.25, 0.3) is 5.69 Å². The number of nitriles is 1. The van der Waals surface area contributed by atoms with E-state index in [1.54, 1.807) is 0 Å². The molecule has 0 radical (unpaired) electrons. The van der Waals surface area contributed by atoms with Crippen molar-refractivity contribution in [3.05, 3.63) is 32.8 Å². The summed E-state index contributed by atoms with van der Waals surface area (Å²) in [5.41, 5.74) is 0.495. The van der Waals surface area contributed by atoms with Gasteiger partial charge in [-0.05, 0) is 38.2 Å². The van der Waals surface area contributed by atoms with Gasteiger partial charge in [-0.2, -0.15) is 5.26 Å². The number of anilines is 1. The number of nitro benzene ring substituents is 1. The molecule has 1 atom stereocenters. The average molecular weight is 324 g/mol. The minimum absolute atomic E-state index is 0.0863. The SMILES string of the molecule is N#Cc1cc([N+](=O)[O-])c(N2CCCC[C@H]2CCCO)cc1Cl. The number of nitrogens with zero attached hydrogens (tertiary/aromatic N) is 3. The molecule has 1 aliphatic heterocycles. The molecule has 0 spiro atoms. The van der Waals surface area contributed by atoms with E-state index in [2.05, 4.69) is 0 Å². The molecule has 1 aromatic carbocycles. The molecule has 1 heterocycles. The first kappa shape index (κ1) is 16.5. The van der Waals surface area contributed by atoms with Crippen molar-refractivity contribution in [2.45, 2.75) is 38.1 Å². The zero-order valence-corrected chi connectivity index (χ0v) is 12.9. The maximum atomic E-state index is 11.4. The van der Waals surface area contributed by atoms with Crippen molar-refractivity contribution in [3.8, 4) is 6.07 Å². The second kappa shape index (κ2) is 7.43. The Morgan fingerprint density at radius 2 is 2.27 bits per heavy atom. The van der Waals surface area contributed by atoms with Crippen molar-refractivity contribution in [1.29, 1.82) is 5.26 Å². The molecule has 0 aliphatic carbocycles. The molecule has 7 heteroatoms. The van der Waals surface area contributed by atoms with Gasteiger partial charge >= 0.3 is 0 Å². The molecular formula is C15H18ClN3O3. The molecule has 1 fully saturated rings. The lowest BCUT2D eigenvalue weighted by molar-refractivity contribution is -0.384. The molecule has 22 heavy (non-hydrogen) atoms. The van der Waals surface area contributed by atoms with Crippen molar-refractivity contribution in [2.24, 2.45) is 0 Å². The number of rotatable bonds is 5. The number of hydrogen-bond donors (Lipinski definition) is 1. The van der Waals surface area contributed by atoms with E-state index in [4.69, 9.17) is 22.0 Å². The van der Waals surface area contributed by atoms with Crippen molar-refractivity contribution in [3.63, 3.8) is 0 Å². The van der Waals surface area contributed by atoms with Gasteiger partial charge in [-0.1, -0.05) is 11.6 Å². The average Bonchev–Trinajstić information content (AvgIpc) is 2.52. The Balaban J connectivity index is 2.42. The predicted octanol–water partition coefficient (Wildman–Crippen LogP) is 3.25. The summed E-state index contributed by atoms with van der Waals surface area (Å²) < 4.78 is 0. The van der Waals surface area contributed by atoms with Crippen molar-refractivity contribution < 1.29 is 10.0 Å². The maximum absolute atomic E-state index is 11.4. The summed E-state index contributed by atoms with van der Waals surface area (Å²) in [4.78, 5) is 12.9. The molecule has 118 valence electrons. The minimum Gasteiger partial charge on any atom is -0.396 e. The molecule has 1 saturated heterocycles. The van der Waals surface area contributed by atoms with Gasteiger partial charge in [-0.3, -0.25) is 10.1 Å². The highest BCUT2D eigenvalue weighted by atomic mass is 35.5. The second-order valence-electron chi connectivity index (χ2n) is 5.40. The van der Waals surface area contributed by atoms with Gasteiger partial charge in [-0.25, -0.2) is 0 Å². The van der Waals surface area contributed by atoms with Gasteiger partial charge < -0.3 is 10.0 Å². The van der Waals surface area contributed by atoms with Gasteiger partial charge in [0.05, 0.1) is 15.5 Å². The van der Waals surface area contributed by atoms with E-state index in [1.165, 1.54) is 12.1 Å². The Morgan fingerprint density at radius 3 is 2.91 bits per heavy atom. The van der Waals surface area contributed by atoms with Crippen LogP contribution in [0.3, 0.4) is 0 Å². The second-order valence-corrected chi connectivity index (χ2v) is 5.81. The summed E-state index contributed by atoms with van der Waals surface area (Å²) in [5, 5.41) is 29.6. The lowest BCUT2D eigenvalue weighted by Gasteiger charge is -2.37. The molecule has 6 nitrogen and oxygen atoms in total. The first-order valence-electron chi connectivity index (χ1n) is 7.34. The standard InChI is InChI=1S/C15H18ClN3O3/c16-13-9-14(15(19(21)22)8-11(13)10-17)18-6-2-1-4-12(18)5-3-7-20/h8-9,12,20H,1-7H2/t12-/m0/s1. The summed E-state index contributed by atoms with van der Waals surface area (Å²) >= 11 is 6.07. The fraction of sp³-hybridized carbons (Fsp3) is 0.533. The topological polar surface area (TPSA) is 90.4 Å². The zero-order valence-electron chi connectivity index (χ0n) is 12.2. The Bertz CT molecular complexity index is 600. The predicted molar refractivity (Wildman–Crippen MR) is 84.1 cm³/mol. The van der Waals surface area contributed by atoms with Gasteiger partial charge in [0.2, 0.25) is 0 Å². The quantitative estimate of drug-likeness (QED) is 0.663. The number of aliphatic hydroxyl groups excluding tert-OH is 1. The highest BCUT2D eigenvalue weighted by Gasteiger charge is 2.29. The monoisotopic (exact) mass is 323 g/mol. The van der Waals surface area contributed by atoms with E-state index in [0.717, 1.165) is 32.2 Å². The first-order valence-corrected chi connectivity index (χ1v) is 7.71. The van der Waals surface area contributed by atoms with Crippen molar-refractivity contribution in [2.75, 3.05) is 18.1 Å². The lowest BCUT2D eigenvalue weighted by atomic mass is 9.96. The fourth-order valence-electron chi connectivity index (χ4n) is 2.96. The van der Waals surface area contributed by atoms with Crippen LogP contribution >= 0.6 is 11.6 Å². The van der Waals surface area contributed by atoms with Crippen LogP contribution in [0.25, 0.3) is 0 Å². The Hall–Kier alpha value is -1.84. The number of nitro groups is 1. The van der Waals surface area contributed by atoms with Gasteiger partial charge in [-0.15, -0.1) is 0 Å². The third-order valence-corrected chi connectivity index (χ3v) is 4.33. The highest BCUT2D eigenvalue weighted by molar-refractivity contribution is 6.32. The maximum Gasteiger partial charge on any atom is 0.293 e. The lowest BCUT2D eigenvalue weighted by Crippen LogP contribution is -2.40.